The van der Waals surface area contributed by atoms with Crippen LogP contribution in [0.1, 0.15) is 31.7 Å². The third kappa shape index (κ3) is 6.51. The lowest BCUT2D eigenvalue weighted by Crippen LogP contribution is -2.48. The highest BCUT2D eigenvalue weighted by molar-refractivity contribution is 7.89. The van der Waals surface area contributed by atoms with E-state index in [1.54, 1.807) is 12.1 Å². The van der Waals surface area contributed by atoms with Gasteiger partial charge in [0.05, 0.1) is 22.9 Å². The summed E-state index contributed by atoms with van der Waals surface area (Å²) in [5, 5.41) is 0. The Morgan fingerprint density at radius 2 is 1.74 bits per heavy atom. The first-order valence-corrected chi connectivity index (χ1v) is 12.0. The van der Waals surface area contributed by atoms with Gasteiger partial charge in [-0.1, -0.05) is 12.1 Å². The van der Waals surface area contributed by atoms with Crippen LogP contribution in [0.4, 0.5) is 0 Å². The monoisotopic (exact) mass is 420 g/mol. The molecule has 154 valence electrons. The highest BCUT2D eigenvalue weighted by Gasteiger charge is 2.41. The highest BCUT2D eigenvalue weighted by atomic mass is 32.2. The van der Waals surface area contributed by atoms with E-state index in [2.05, 4.69) is 9.44 Å². The molecule has 10 heteroatoms. The van der Waals surface area contributed by atoms with E-state index >= 15 is 0 Å². The number of rotatable bonds is 12. The maximum atomic E-state index is 12.4. The van der Waals surface area contributed by atoms with Gasteiger partial charge in [0.15, 0.2) is 0 Å². The van der Waals surface area contributed by atoms with Gasteiger partial charge in [0.25, 0.3) is 0 Å². The Labute approximate surface area is 161 Å². The Morgan fingerprint density at radius 3 is 2.26 bits per heavy atom. The van der Waals surface area contributed by atoms with E-state index in [1.807, 2.05) is 6.92 Å². The minimum atomic E-state index is -3.60. The number of ether oxygens (including phenoxy) is 2. The van der Waals surface area contributed by atoms with Gasteiger partial charge in [-0.25, -0.2) is 26.3 Å². The molecule has 1 aliphatic rings. The number of sulfonamides is 2. The molecule has 0 spiro atoms. The van der Waals surface area contributed by atoms with E-state index in [9.17, 15) is 16.8 Å². The Hall–Kier alpha value is -1.04. The van der Waals surface area contributed by atoms with Crippen LogP contribution in [-0.4, -0.2) is 55.1 Å². The van der Waals surface area contributed by atoms with E-state index in [4.69, 9.17) is 9.47 Å². The zero-order valence-corrected chi connectivity index (χ0v) is 17.4. The van der Waals surface area contributed by atoms with Crippen LogP contribution in [0.25, 0.3) is 0 Å². The minimum Gasteiger partial charge on any atom is -0.383 e. The van der Waals surface area contributed by atoms with Crippen molar-refractivity contribution in [3.8, 4) is 0 Å². The molecule has 0 heterocycles. The second-order valence-electron chi connectivity index (χ2n) is 6.58. The topological polar surface area (TPSA) is 111 Å². The fourth-order valence-corrected chi connectivity index (χ4v) is 5.51. The molecule has 2 N–H and O–H groups in total. The van der Waals surface area contributed by atoms with Crippen molar-refractivity contribution in [2.24, 2.45) is 0 Å². The molecular weight excluding hydrogens is 392 g/mol. The zero-order valence-electron chi connectivity index (χ0n) is 15.7. The number of benzene rings is 1. The van der Waals surface area contributed by atoms with Crippen LogP contribution >= 0.6 is 0 Å². The summed E-state index contributed by atoms with van der Waals surface area (Å²) in [7, 11) is -5.61. The van der Waals surface area contributed by atoms with Gasteiger partial charge < -0.3 is 9.47 Å². The Bertz CT molecular complexity index is 802. The molecule has 0 radical (unpaired) electrons. The molecule has 8 nitrogen and oxygen atoms in total. The summed E-state index contributed by atoms with van der Waals surface area (Å²) < 4.78 is 64.4. The first kappa shape index (κ1) is 22.3. The summed E-state index contributed by atoms with van der Waals surface area (Å²) in [5.74, 6) is -0.0519. The van der Waals surface area contributed by atoms with Crippen molar-refractivity contribution in [1.29, 1.82) is 0 Å². The molecule has 1 aromatic carbocycles. The molecule has 0 aliphatic heterocycles. The van der Waals surface area contributed by atoms with Gasteiger partial charge in [-0.3, -0.25) is 0 Å². The summed E-state index contributed by atoms with van der Waals surface area (Å²) in [6.07, 6.45) is 2.48. The molecule has 1 aliphatic carbocycles. The van der Waals surface area contributed by atoms with E-state index in [1.165, 1.54) is 19.2 Å². The second kappa shape index (κ2) is 9.44. The summed E-state index contributed by atoms with van der Waals surface area (Å²) in [6.45, 7) is 2.91. The van der Waals surface area contributed by atoms with Crippen molar-refractivity contribution in [2.45, 2.75) is 43.2 Å². The van der Waals surface area contributed by atoms with Crippen LogP contribution in [0.2, 0.25) is 0 Å². The third-order valence-electron chi connectivity index (χ3n) is 4.50. The van der Waals surface area contributed by atoms with E-state index < -0.39 is 25.6 Å². The first-order valence-electron chi connectivity index (χ1n) is 8.91. The molecule has 2 rings (SSSR count). The first-order chi connectivity index (χ1) is 12.7. The predicted molar refractivity (Wildman–Crippen MR) is 102 cm³/mol. The Balaban J connectivity index is 1.92. The van der Waals surface area contributed by atoms with Crippen molar-refractivity contribution in [3.63, 3.8) is 0 Å². The standard InChI is InChI=1S/C17H28N2O6S2/c1-3-25-17(9-4-10-17)14-26(20,21)19-13-15-5-7-16(8-6-15)27(22,23)18-11-12-24-2/h5-8,18-19H,3-4,9-14H2,1-2H3. The van der Waals surface area contributed by atoms with E-state index in [-0.39, 0.29) is 30.3 Å². The van der Waals surface area contributed by atoms with E-state index in [0.29, 0.717) is 12.2 Å². The molecule has 0 bridgehead atoms. The fourth-order valence-electron chi connectivity index (χ4n) is 2.95. The largest absolute Gasteiger partial charge is 0.383 e. The van der Waals surface area contributed by atoms with Gasteiger partial charge >= 0.3 is 0 Å². The molecule has 0 amide bonds. The number of methoxy groups -OCH3 is 1. The van der Waals surface area contributed by atoms with Crippen molar-refractivity contribution in [3.05, 3.63) is 29.8 Å². The summed E-state index contributed by atoms with van der Waals surface area (Å²) in [5.41, 5.74) is 0.111. The predicted octanol–water partition coefficient (Wildman–Crippen LogP) is 0.990. The van der Waals surface area contributed by atoms with Gasteiger partial charge in [0.2, 0.25) is 20.0 Å². The van der Waals surface area contributed by atoms with Crippen LogP contribution in [-0.2, 0) is 36.1 Å². The summed E-state index contributed by atoms with van der Waals surface area (Å²) in [4.78, 5) is 0.120. The molecule has 27 heavy (non-hydrogen) atoms. The quantitative estimate of drug-likeness (QED) is 0.488. The number of nitrogens with one attached hydrogen (secondary N) is 2. The Morgan fingerprint density at radius 1 is 1.07 bits per heavy atom. The van der Waals surface area contributed by atoms with Crippen molar-refractivity contribution in [1.82, 2.24) is 9.44 Å². The van der Waals surface area contributed by atoms with Crippen molar-refractivity contribution >= 4 is 20.0 Å². The van der Waals surface area contributed by atoms with Crippen LogP contribution in [0.15, 0.2) is 29.2 Å². The van der Waals surface area contributed by atoms with Crippen LogP contribution in [0.5, 0.6) is 0 Å². The van der Waals surface area contributed by atoms with Crippen LogP contribution in [0.3, 0.4) is 0 Å². The fraction of sp³-hybridized carbons (Fsp3) is 0.647. The molecule has 1 aromatic rings. The normalized spacial score (nSPS) is 16.8. The molecule has 0 aromatic heterocycles. The lowest BCUT2D eigenvalue weighted by atomic mass is 9.82. The molecular formula is C17H28N2O6S2. The number of hydrogen-bond acceptors (Lipinski definition) is 6. The van der Waals surface area contributed by atoms with Gasteiger partial charge in [-0.15, -0.1) is 0 Å². The van der Waals surface area contributed by atoms with Gasteiger partial charge in [-0.2, -0.15) is 0 Å². The lowest BCUT2D eigenvalue weighted by Gasteiger charge is -2.40. The lowest BCUT2D eigenvalue weighted by molar-refractivity contribution is -0.0770. The van der Waals surface area contributed by atoms with Crippen molar-refractivity contribution < 1.29 is 26.3 Å². The number of hydrogen-bond donors (Lipinski definition) is 2. The van der Waals surface area contributed by atoms with Crippen molar-refractivity contribution in [2.75, 3.05) is 32.6 Å². The summed E-state index contributed by atoms with van der Waals surface area (Å²) >= 11 is 0. The van der Waals surface area contributed by atoms with E-state index in [0.717, 1.165) is 19.3 Å². The van der Waals surface area contributed by atoms with Crippen LogP contribution < -0.4 is 9.44 Å². The van der Waals surface area contributed by atoms with Gasteiger partial charge in [0, 0.05) is 26.8 Å². The Kier molecular flexibility index (Phi) is 7.78. The zero-order chi connectivity index (χ0) is 20.0. The smallest absolute Gasteiger partial charge is 0.240 e. The minimum absolute atomic E-state index is 0.0519. The third-order valence-corrected chi connectivity index (χ3v) is 7.46. The second-order valence-corrected chi connectivity index (χ2v) is 10.2. The highest BCUT2D eigenvalue weighted by Crippen LogP contribution is 2.36. The van der Waals surface area contributed by atoms with Gasteiger partial charge in [-0.05, 0) is 43.9 Å². The average molecular weight is 421 g/mol. The molecule has 0 atom stereocenters. The summed E-state index contributed by atoms with van der Waals surface area (Å²) in [6, 6.07) is 6.09. The maximum absolute atomic E-state index is 12.4. The molecule has 1 fully saturated rings. The molecule has 0 saturated heterocycles. The molecule has 1 saturated carbocycles. The SMILES string of the molecule is CCOC1(CS(=O)(=O)NCc2ccc(S(=O)(=O)NCCOC)cc2)CCC1. The van der Waals surface area contributed by atoms with Crippen LogP contribution in [0, 0.1) is 0 Å². The van der Waals surface area contributed by atoms with Gasteiger partial charge in [0.1, 0.15) is 0 Å². The molecule has 0 unspecified atom stereocenters. The maximum Gasteiger partial charge on any atom is 0.240 e. The average Bonchev–Trinajstić information content (AvgIpc) is 2.59.